The lowest BCUT2D eigenvalue weighted by Crippen LogP contribution is -2.45. The maximum absolute atomic E-state index is 14.1. The summed E-state index contributed by atoms with van der Waals surface area (Å²) >= 11 is 0. The minimum atomic E-state index is -0.762. The van der Waals surface area contributed by atoms with Gasteiger partial charge in [0.2, 0.25) is 0 Å². The summed E-state index contributed by atoms with van der Waals surface area (Å²) in [6, 6.07) is 14.9. The lowest BCUT2D eigenvalue weighted by atomic mass is 9.72. The Morgan fingerprint density at radius 2 is 0.625 bits per heavy atom. The van der Waals surface area contributed by atoms with Crippen LogP contribution in [-0.2, 0) is 77.7 Å². The Balaban J connectivity index is 2.06. The molecule has 0 radical (unpaired) electrons. The average molecular weight is 991 g/mol. The van der Waals surface area contributed by atoms with Crippen LogP contribution in [0.5, 0.6) is 23.0 Å². The van der Waals surface area contributed by atoms with E-state index < -0.39 is 56.5 Å². The summed E-state index contributed by atoms with van der Waals surface area (Å²) < 4.78 is 11.1. The molecule has 8 bridgehead atoms. The van der Waals surface area contributed by atoms with Crippen LogP contribution in [0.25, 0.3) is 0 Å². The highest BCUT2D eigenvalue weighted by Gasteiger charge is 2.39. The lowest BCUT2D eigenvalue weighted by molar-refractivity contribution is -0.150. The molecule has 1 heterocycles. The Labute approximate surface area is 433 Å². The number of phenolic OH excluding ortho intramolecular Hbond substituents is 4. The summed E-state index contributed by atoms with van der Waals surface area (Å²) in [4.78, 5) is 32.2. The number of benzene rings is 4. The van der Waals surface area contributed by atoms with Crippen molar-refractivity contribution in [2.24, 2.45) is 11.8 Å². The monoisotopic (exact) mass is 991 g/mol. The van der Waals surface area contributed by atoms with Gasteiger partial charge in [-0.25, -0.2) is 0 Å². The third kappa shape index (κ3) is 11.7. The SMILES string of the molecule is COC(=O)[C@H](C(C)C)N1Cc2cc(cc(C(C)(C)C)c2O)C(C)(C)c2cc(c(O)c(C(C)(C)C)c2)CN([C@@H](C(=O)OC)C(C)C)Cc2cc(cc(C(C)(C)C)c2O)C(C)(C)c2cc(c(O)c(C(C)(C)C)c2)C1. The van der Waals surface area contributed by atoms with E-state index in [1.54, 1.807) is 0 Å². The minimum Gasteiger partial charge on any atom is -0.507 e. The molecule has 72 heavy (non-hydrogen) atoms. The van der Waals surface area contributed by atoms with Crippen LogP contribution in [-0.4, -0.2) is 68.5 Å². The summed E-state index contributed by atoms with van der Waals surface area (Å²) in [6.07, 6.45) is 0. The number of hydrogen-bond acceptors (Lipinski definition) is 10. The van der Waals surface area contributed by atoms with E-state index in [1.807, 2.05) is 61.8 Å². The number of esters is 2. The number of fused-ring (bicyclic) bond motifs is 8. The first-order chi connectivity index (χ1) is 32.8. The normalized spacial score (nSPS) is 17.1. The molecular weight excluding hydrogens is 901 g/mol. The zero-order chi connectivity index (χ0) is 54.8. The zero-order valence-electron chi connectivity index (χ0n) is 48.1. The molecule has 0 aliphatic carbocycles. The quantitative estimate of drug-likeness (QED) is 0.138. The van der Waals surface area contributed by atoms with Crippen molar-refractivity contribution in [3.05, 3.63) is 115 Å². The molecule has 0 aromatic heterocycles. The molecule has 4 N–H and O–H groups in total. The summed E-state index contributed by atoms with van der Waals surface area (Å²) in [6.45, 7) is 42.0. The predicted octanol–water partition coefficient (Wildman–Crippen LogP) is 13.1. The van der Waals surface area contributed by atoms with E-state index in [9.17, 15) is 30.0 Å². The predicted molar refractivity (Wildman–Crippen MR) is 291 cm³/mol. The fourth-order valence-electron chi connectivity index (χ4n) is 10.6. The fourth-order valence-corrected chi connectivity index (χ4v) is 10.6. The van der Waals surface area contributed by atoms with Gasteiger partial charge in [0.1, 0.15) is 35.1 Å². The molecule has 0 spiro atoms. The molecule has 10 nitrogen and oxygen atoms in total. The largest absolute Gasteiger partial charge is 0.507 e. The second-order valence-electron chi connectivity index (χ2n) is 26.6. The summed E-state index contributed by atoms with van der Waals surface area (Å²) in [5.41, 5.74) is 5.56. The summed E-state index contributed by atoms with van der Waals surface area (Å²) in [7, 11) is 2.79. The van der Waals surface area contributed by atoms with Gasteiger partial charge >= 0.3 is 11.9 Å². The maximum atomic E-state index is 14.1. The molecular formula is C62H90N2O8. The van der Waals surface area contributed by atoms with Gasteiger partial charge in [0.25, 0.3) is 0 Å². The fraction of sp³-hybridized carbons (Fsp3) is 0.581. The van der Waals surface area contributed by atoms with Gasteiger partial charge in [-0.2, -0.15) is 0 Å². The molecule has 4 aromatic rings. The van der Waals surface area contributed by atoms with Gasteiger partial charge in [0.15, 0.2) is 0 Å². The first-order valence-corrected chi connectivity index (χ1v) is 25.9. The van der Waals surface area contributed by atoms with Crippen molar-refractivity contribution in [2.75, 3.05) is 14.2 Å². The first-order valence-electron chi connectivity index (χ1n) is 25.9. The van der Waals surface area contributed by atoms with Crippen LogP contribution >= 0.6 is 0 Å². The van der Waals surface area contributed by atoms with Gasteiger partial charge in [-0.3, -0.25) is 19.4 Å². The number of aromatic hydroxyl groups is 4. The Hall–Kier alpha value is -5.06. The number of methoxy groups -OCH3 is 2. The van der Waals surface area contributed by atoms with Gasteiger partial charge in [0.05, 0.1) is 14.2 Å². The van der Waals surface area contributed by atoms with Crippen molar-refractivity contribution in [1.82, 2.24) is 9.80 Å². The Morgan fingerprint density at radius 1 is 0.431 bits per heavy atom. The van der Waals surface area contributed by atoms with Gasteiger partial charge in [0, 0.05) is 59.3 Å². The Morgan fingerprint density at radius 3 is 0.778 bits per heavy atom. The summed E-state index contributed by atoms with van der Waals surface area (Å²) in [5, 5.41) is 50.0. The molecule has 4 aromatic carbocycles. The van der Waals surface area contributed by atoms with Crippen molar-refractivity contribution in [2.45, 2.75) is 209 Å². The lowest BCUT2D eigenvalue weighted by Gasteiger charge is -2.37. The molecule has 1 aliphatic rings. The van der Waals surface area contributed by atoms with E-state index in [4.69, 9.17) is 9.47 Å². The summed E-state index contributed by atoms with van der Waals surface area (Å²) in [5.74, 6) is -0.746. The highest BCUT2D eigenvalue weighted by molar-refractivity contribution is 5.76. The second kappa shape index (κ2) is 20.3. The van der Waals surface area contributed by atoms with Crippen LogP contribution < -0.4 is 0 Å². The molecule has 0 amide bonds. The Kier molecular flexibility index (Phi) is 16.3. The molecule has 0 saturated heterocycles. The highest BCUT2D eigenvalue weighted by Crippen LogP contribution is 2.47. The molecule has 1 aliphatic heterocycles. The van der Waals surface area contributed by atoms with Crippen LogP contribution in [0.1, 0.15) is 205 Å². The van der Waals surface area contributed by atoms with E-state index in [2.05, 4.69) is 135 Å². The highest BCUT2D eigenvalue weighted by atomic mass is 16.5. The van der Waals surface area contributed by atoms with Crippen LogP contribution in [0.3, 0.4) is 0 Å². The van der Waals surface area contributed by atoms with Gasteiger partial charge in [-0.15, -0.1) is 0 Å². The number of phenols is 4. The smallest absolute Gasteiger partial charge is 0.323 e. The van der Waals surface area contributed by atoms with Gasteiger partial charge in [-0.05, 0) is 102 Å². The second-order valence-corrected chi connectivity index (χ2v) is 26.6. The van der Waals surface area contributed by atoms with Crippen LogP contribution in [0.15, 0.2) is 48.5 Å². The molecule has 0 saturated carbocycles. The molecule has 10 heteroatoms. The molecule has 396 valence electrons. The Bertz CT molecular complexity index is 2330. The van der Waals surface area contributed by atoms with Crippen molar-refractivity contribution in [1.29, 1.82) is 0 Å². The number of hydrogen-bond donors (Lipinski definition) is 4. The van der Waals surface area contributed by atoms with E-state index in [-0.39, 0.29) is 61.0 Å². The van der Waals surface area contributed by atoms with Crippen molar-refractivity contribution in [3.63, 3.8) is 0 Å². The van der Waals surface area contributed by atoms with E-state index in [0.29, 0.717) is 22.3 Å². The number of rotatable bonds is 6. The van der Waals surface area contributed by atoms with E-state index >= 15 is 0 Å². The molecule has 2 atom stereocenters. The van der Waals surface area contributed by atoms with Crippen LogP contribution in [0, 0.1) is 11.8 Å². The first kappa shape index (κ1) is 57.8. The number of carbonyl (C=O) groups excluding carboxylic acids is 2. The topological polar surface area (TPSA) is 140 Å². The zero-order valence-corrected chi connectivity index (χ0v) is 48.1. The number of nitrogens with zero attached hydrogens (tertiary/aromatic N) is 2. The minimum absolute atomic E-state index is 0.133. The van der Waals surface area contributed by atoms with E-state index in [0.717, 1.165) is 44.5 Å². The van der Waals surface area contributed by atoms with Gasteiger partial charge in [-0.1, -0.05) is 163 Å². The number of carbonyl (C=O) groups is 2. The average Bonchev–Trinajstić information content (AvgIpc) is 3.23. The van der Waals surface area contributed by atoms with E-state index in [1.165, 1.54) is 14.2 Å². The molecule has 0 fully saturated rings. The molecule has 5 rings (SSSR count). The van der Waals surface area contributed by atoms with Crippen LogP contribution in [0.2, 0.25) is 0 Å². The van der Waals surface area contributed by atoms with Crippen molar-refractivity contribution < 1.29 is 39.5 Å². The third-order valence-electron chi connectivity index (χ3n) is 15.3. The number of ether oxygens (including phenoxy) is 2. The van der Waals surface area contributed by atoms with Crippen molar-refractivity contribution >= 4 is 11.9 Å². The standard InChI is InChI=1S/C62H90N2O8/c1-35(2)49(55(69)71-21)63-31-37-23-41(27-45(51(37)65)57(5,6)7)61(17,18)43-25-39(53(67)47(29-43)59(11,12)13)33-64(50(36(3)4)56(70)72-22)34-40-26-44(30-48(54(40)68)60(14,15)16)62(19,20)42-24-38(32-63)52(66)46(28-42)58(8,9)10/h23-30,35-36,49-50,65-68H,31-34H2,1-22H3/t49-,50+. The molecule has 0 unspecified atom stereocenters. The third-order valence-corrected chi connectivity index (χ3v) is 15.3. The van der Waals surface area contributed by atoms with Crippen LogP contribution in [0.4, 0.5) is 0 Å². The maximum Gasteiger partial charge on any atom is 0.323 e. The van der Waals surface area contributed by atoms with Crippen molar-refractivity contribution in [3.8, 4) is 23.0 Å². The van der Waals surface area contributed by atoms with Gasteiger partial charge < -0.3 is 29.9 Å².